The molecule has 1 aromatic heterocycles. The number of nitrogens with zero attached hydrogens (tertiary/aromatic N) is 4. The smallest absolute Gasteiger partial charge is 0.406 e. The Balaban J connectivity index is 2.25. The molecule has 0 bridgehead atoms. The van der Waals surface area contributed by atoms with Gasteiger partial charge in [0.2, 0.25) is 5.91 Å². The molecule has 1 aromatic carbocycles. The average molecular weight is 446 g/mol. The molecule has 0 fully saturated rings. The van der Waals surface area contributed by atoms with Crippen LogP contribution in [0, 0.1) is 0 Å². The number of carboxylic acid groups (broad SMARTS) is 1. The molecule has 0 saturated heterocycles. The number of rotatable bonds is 10. The number of alkyl halides is 3. The maximum atomic E-state index is 13.1. The van der Waals surface area contributed by atoms with Gasteiger partial charge in [0, 0.05) is 6.42 Å². The van der Waals surface area contributed by atoms with Crippen LogP contribution in [0.5, 0.6) is 5.75 Å². The lowest BCUT2D eigenvalue weighted by Gasteiger charge is -2.25. The molecule has 0 radical (unpaired) electrons. The van der Waals surface area contributed by atoms with Gasteiger partial charge in [-0.3, -0.25) is 19.1 Å². The van der Waals surface area contributed by atoms with Crippen molar-refractivity contribution >= 4 is 29.3 Å². The Labute approximate surface area is 175 Å². The van der Waals surface area contributed by atoms with Gasteiger partial charge in [0.1, 0.15) is 24.7 Å². The Hall–Kier alpha value is -2.76. The minimum atomic E-state index is -4.63. The lowest BCUT2D eigenvalue weighted by Crippen LogP contribution is -2.40. The predicted octanol–water partition coefficient (Wildman–Crippen LogP) is 3.01. The highest BCUT2D eigenvalue weighted by atomic mass is 32.2. The van der Waals surface area contributed by atoms with Crippen molar-refractivity contribution in [1.29, 1.82) is 0 Å². The number of aromatic nitrogens is 3. The van der Waals surface area contributed by atoms with Crippen LogP contribution in [0.2, 0.25) is 0 Å². The number of halogens is 3. The summed E-state index contributed by atoms with van der Waals surface area (Å²) in [5.41, 5.74) is -0.0124. The zero-order valence-electron chi connectivity index (χ0n) is 16.3. The van der Waals surface area contributed by atoms with E-state index in [9.17, 15) is 22.8 Å². The van der Waals surface area contributed by atoms with E-state index >= 15 is 0 Å². The SMILES string of the molecule is CCCc1nnc(SCC(=O)N(CC(F)(F)F)c2ccccc2OC)n1CC(=O)O. The minimum Gasteiger partial charge on any atom is -0.495 e. The summed E-state index contributed by atoms with van der Waals surface area (Å²) in [4.78, 5) is 24.4. The number of amides is 1. The third-order valence-electron chi connectivity index (χ3n) is 3.90. The second kappa shape index (κ2) is 10.3. The van der Waals surface area contributed by atoms with Crippen molar-refractivity contribution in [2.24, 2.45) is 0 Å². The summed E-state index contributed by atoms with van der Waals surface area (Å²) in [6, 6.07) is 5.90. The third kappa shape index (κ3) is 6.37. The summed E-state index contributed by atoms with van der Waals surface area (Å²) >= 11 is 0.833. The fourth-order valence-corrected chi connectivity index (χ4v) is 3.51. The molecule has 2 rings (SSSR count). The number of para-hydroxylation sites is 2. The van der Waals surface area contributed by atoms with Gasteiger partial charge in [-0.25, -0.2) is 0 Å². The van der Waals surface area contributed by atoms with Crippen molar-refractivity contribution in [3.63, 3.8) is 0 Å². The minimum absolute atomic E-state index is 0.0124. The first-order valence-corrected chi connectivity index (χ1v) is 9.91. The first-order chi connectivity index (χ1) is 14.2. The summed E-state index contributed by atoms with van der Waals surface area (Å²) in [6.07, 6.45) is -3.44. The van der Waals surface area contributed by atoms with Gasteiger partial charge in [0.25, 0.3) is 0 Å². The fourth-order valence-electron chi connectivity index (χ4n) is 2.67. The van der Waals surface area contributed by atoms with Crippen LogP contribution in [0.3, 0.4) is 0 Å². The molecule has 1 heterocycles. The maximum Gasteiger partial charge on any atom is 0.406 e. The lowest BCUT2D eigenvalue weighted by molar-refractivity contribution is -0.137. The Morgan fingerprint density at radius 2 is 1.97 bits per heavy atom. The Morgan fingerprint density at radius 1 is 1.27 bits per heavy atom. The molecule has 0 aliphatic carbocycles. The summed E-state index contributed by atoms with van der Waals surface area (Å²) in [6.45, 7) is -0.00825. The molecule has 1 amide bonds. The molecule has 0 atom stereocenters. The van der Waals surface area contributed by atoms with Crippen molar-refractivity contribution in [1.82, 2.24) is 14.8 Å². The highest BCUT2D eigenvalue weighted by Crippen LogP contribution is 2.31. The number of benzene rings is 1. The average Bonchev–Trinajstić information content (AvgIpc) is 3.04. The molecular weight excluding hydrogens is 425 g/mol. The van der Waals surface area contributed by atoms with Gasteiger partial charge in [-0.15, -0.1) is 10.2 Å². The van der Waals surface area contributed by atoms with Crippen LogP contribution in [0.25, 0.3) is 0 Å². The molecule has 12 heteroatoms. The van der Waals surface area contributed by atoms with Crippen LogP contribution >= 0.6 is 11.8 Å². The predicted molar refractivity (Wildman–Crippen MR) is 104 cm³/mol. The number of methoxy groups -OCH3 is 1. The number of hydrogen-bond donors (Lipinski definition) is 1. The molecule has 0 unspecified atom stereocenters. The van der Waals surface area contributed by atoms with Crippen molar-refractivity contribution < 1.29 is 32.6 Å². The van der Waals surface area contributed by atoms with Gasteiger partial charge in [-0.2, -0.15) is 13.2 Å². The molecular formula is C18H21F3N4O4S. The number of hydrogen-bond acceptors (Lipinski definition) is 6. The Kier molecular flexibility index (Phi) is 8.09. The zero-order chi connectivity index (χ0) is 22.3. The lowest BCUT2D eigenvalue weighted by atomic mass is 10.2. The summed E-state index contributed by atoms with van der Waals surface area (Å²) in [5.74, 6) is -1.78. The standard InChI is InChI=1S/C18H21F3N4O4S/c1-3-6-14-22-23-17(24(14)9-16(27)28)30-10-15(26)25(11-18(19,20)21)12-7-4-5-8-13(12)29-2/h4-5,7-8H,3,6,9-11H2,1-2H3,(H,27,28). The quantitative estimate of drug-likeness (QED) is 0.561. The largest absolute Gasteiger partial charge is 0.495 e. The number of aliphatic carboxylic acids is 1. The van der Waals surface area contributed by atoms with E-state index in [1.54, 1.807) is 6.07 Å². The molecule has 0 aliphatic rings. The summed E-state index contributed by atoms with van der Waals surface area (Å²) < 4.78 is 45.8. The van der Waals surface area contributed by atoms with Crippen LogP contribution in [-0.4, -0.2) is 57.3 Å². The molecule has 2 aromatic rings. The normalized spacial score (nSPS) is 11.4. The number of aryl methyl sites for hydroxylation is 1. The number of carbonyl (C=O) groups excluding carboxylic acids is 1. The van der Waals surface area contributed by atoms with E-state index in [1.807, 2.05) is 6.92 Å². The van der Waals surface area contributed by atoms with Gasteiger partial charge >= 0.3 is 12.1 Å². The van der Waals surface area contributed by atoms with Gasteiger partial charge < -0.3 is 9.84 Å². The van der Waals surface area contributed by atoms with Crippen molar-refractivity contribution in [3.05, 3.63) is 30.1 Å². The topological polar surface area (TPSA) is 97.6 Å². The van der Waals surface area contributed by atoms with Crippen molar-refractivity contribution in [3.8, 4) is 5.75 Å². The molecule has 164 valence electrons. The van der Waals surface area contributed by atoms with E-state index in [4.69, 9.17) is 9.84 Å². The highest BCUT2D eigenvalue weighted by Gasteiger charge is 2.35. The Bertz CT molecular complexity index is 889. The van der Waals surface area contributed by atoms with E-state index < -0.39 is 36.9 Å². The number of ether oxygens (including phenoxy) is 1. The molecule has 30 heavy (non-hydrogen) atoms. The monoisotopic (exact) mass is 446 g/mol. The van der Waals surface area contributed by atoms with Gasteiger partial charge in [0.05, 0.1) is 18.6 Å². The molecule has 8 nitrogen and oxygen atoms in total. The summed E-state index contributed by atoms with van der Waals surface area (Å²) in [5, 5.41) is 17.1. The number of thioether (sulfide) groups is 1. The van der Waals surface area contributed by atoms with Crippen LogP contribution in [0.15, 0.2) is 29.4 Å². The first kappa shape index (κ1) is 23.5. The van der Waals surface area contributed by atoms with E-state index in [2.05, 4.69) is 10.2 Å². The van der Waals surface area contributed by atoms with Crippen LogP contribution in [0.1, 0.15) is 19.2 Å². The number of carboxylic acids is 1. The Morgan fingerprint density at radius 3 is 2.57 bits per heavy atom. The molecule has 0 spiro atoms. The van der Waals surface area contributed by atoms with Gasteiger partial charge in [-0.1, -0.05) is 30.8 Å². The van der Waals surface area contributed by atoms with Gasteiger partial charge in [-0.05, 0) is 18.6 Å². The number of carbonyl (C=O) groups is 2. The molecule has 0 aliphatic heterocycles. The maximum absolute atomic E-state index is 13.1. The van der Waals surface area contributed by atoms with Gasteiger partial charge in [0.15, 0.2) is 5.16 Å². The van der Waals surface area contributed by atoms with Crippen molar-refractivity contribution in [2.45, 2.75) is 37.6 Å². The van der Waals surface area contributed by atoms with Crippen LogP contribution < -0.4 is 9.64 Å². The van der Waals surface area contributed by atoms with E-state index in [0.717, 1.165) is 11.8 Å². The first-order valence-electron chi connectivity index (χ1n) is 8.93. The second-order valence-electron chi connectivity index (χ2n) is 6.18. The number of anilines is 1. The molecule has 1 N–H and O–H groups in total. The highest BCUT2D eigenvalue weighted by molar-refractivity contribution is 7.99. The summed E-state index contributed by atoms with van der Waals surface area (Å²) in [7, 11) is 1.30. The fraction of sp³-hybridized carbons (Fsp3) is 0.444. The van der Waals surface area contributed by atoms with E-state index in [-0.39, 0.29) is 16.6 Å². The van der Waals surface area contributed by atoms with Crippen LogP contribution in [0.4, 0.5) is 18.9 Å². The third-order valence-corrected chi connectivity index (χ3v) is 4.85. The zero-order valence-corrected chi connectivity index (χ0v) is 17.2. The van der Waals surface area contributed by atoms with Crippen molar-refractivity contribution in [2.75, 3.05) is 24.3 Å². The van der Waals surface area contributed by atoms with E-state index in [0.29, 0.717) is 23.6 Å². The molecule has 0 saturated carbocycles. The van der Waals surface area contributed by atoms with E-state index in [1.165, 1.54) is 29.9 Å². The second-order valence-corrected chi connectivity index (χ2v) is 7.13. The van der Waals surface area contributed by atoms with Crippen LogP contribution in [-0.2, 0) is 22.6 Å².